The first-order valence-electron chi connectivity index (χ1n) is 6.83. The van der Waals surface area contributed by atoms with Gasteiger partial charge in [-0.15, -0.1) is 0 Å². The van der Waals surface area contributed by atoms with Gasteiger partial charge in [0.2, 0.25) is 0 Å². The highest BCUT2D eigenvalue weighted by atomic mass is 16.5. The van der Waals surface area contributed by atoms with Gasteiger partial charge in [-0.3, -0.25) is 4.90 Å². The molecule has 1 aliphatic heterocycles. The van der Waals surface area contributed by atoms with Crippen LogP contribution in [0.15, 0.2) is 24.3 Å². The van der Waals surface area contributed by atoms with Gasteiger partial charge in [-0.1, -0.05) is 24.3 Å². The van der Waals surface area contributed by atoms with Crippen molar-refractivity contribution < 1.29 is 4.74 Å². The van der Waals surface area contributed by atoms with Crippen molar-refractivity contribution in [3.05, 3.63) is 35.4 Å². The van der Waals surface area contributed by atoms with Crippen LogP contribution in [-0.4, -0.2) is 36.7 Å². The minimum Gasteiger partial charge on any atom is -0.376 e. The predicted octanol–water partition coefficient (Wildman–Crippen LogP) is 1.80. The quantitative estimate of drug-likeness (QED) is 0.883. The van der Waals surface area contributed by atoms with Crippen molar-refractivity contribution in [2.45, 2.75) is 39.0 Å². The smallest absolute Gasteiger partial charge is 0.0674 e. The molecule has 0 amide bonds. The standard InChI is InChI=1S/C15H24N2O/c1-12-11-18-13(2)10-17(12)8-7-14-5-3-4-6-15(14)9-16/h3-6,12-13H,7-11,16H2,1-2H3. The van der Waals surface area contributed by atoms with Gasteiger partial charge >= 0.3 is 0 Å². The molecule has 0 bridgehead atoms. The third kappa shape index (κ3) is 3.31. The van der Waals surface area contributed by atoms with E-state index in [1.807, 2.05) is 0 Å². The summed E-state index contributed by atoms with van der Waals surface area (Å²) in [5, 5.41) is 0. The van der Waals surface area contributed by atoms with E-state index in [4.69, 9.17) is 10.5 Å². The van der Waals surface area contributed by atoms with E-state index < -0.39 is 0 Å². The molecular weight excluding hydrogens is 224 g/mol. The molecule has 3 nitrogen and oxygen atoms in total. The van der Waals surface area contributed by atoms with Crippen LogP contribution in [-0.2, 0) is 17.7 Å². The average molecular weight is 248 g/mol. The second-order valence-corrected chi connectivity index (χ2v) is 5.21. The zero-order chi connectivity index (χ0) is 13.0. The molecule has 0 saturated carbocycles. The molecule has 1 fully saturated rings. The zero-order valence-corrected chi connectivity index (χ0v) is 11.4. The van der Waals surface area contributed by atoms with Crippen LogP contribution in [0.25, 0.3) is 0 Å². The fourth-order valence-electron chi connectivity index (χ4n) is 2.55. The normalized spacial score (nSPS) is 25.3. The summed E-state index contributed by atoms with van der Waals surface area (Å²) in [4.78, 5) is 2.52. The summed E-state index contributed by atoms with van der Waals surface area (Å²) >= 11 is 0. The third-order valence-electron chi connectivity index (χ3n) is 3.74. The minimum absolute atomic E-state index is 0.353. The van der Waals surface area contributed by atoms with Crippen LogP contribution in [0.3, 0.4) is 0 Å². The van der Waals surface area contributed by atoms with E-state index in [0.29, 0.717) is 18.7 Å². The molecular formula is C15H24N2O. The second-order valence-electron chi connectivity index (χ2n) is 5.21. The van der Waals surface area contributed by atoms with Crippen LogP contribution in [0.2, 0.25) is 0 Å². The van der Waals surface area contributed by atoms with Crippen molar-refractivity contribution in [3.8, 4) is 0 Å². The van der Waals surface area contributed by atoms with Gasteiger partial charge in [0, 0.05) is 25.7 Å². The summed E-state index contributed by atoms with van der Waals surface area (Å²) in [6, 6.07) is 8.99. The van der Waals surface area contributed by atoms with E-state index in [-0.39, 0.29) is 0 Å². The summed E-state index contributed by atoms with van der Waals surface area (Å²) in [7, 11) is 0. The Morgan fingerprint density at radius 1 is 1.28 bits per heavy atom. The van der Waals surface area contributed by atoms with Gasteiger partial charge in [-0.25, -0.2) is 0 Å². The molecule has 2 N–H and O–H groups in total. The number of nitrogens with two attached hydrogens (primary N) is 1. The summed E-state index contributed by atoms with van der Waals surface area (Å²) < 4.78 is 5.66. The fraction of sp³-hybridized carbons (Fsp3) is 0.600. The molecule has 1 aliphatic rings. The lowest BCUT2D eigenvalue weighted by Crippen LogP contribution is -2.47. The van der Waals surface area contributed by atoms with Crippen molar-refractivity contribution >= 4 is 0 Å². The number of ether oxygens (including phenoxy) is 1. The highest BCUT2D eigenvalue weighted by molar-refractivity contribution is 5.27. The summed E-state index contributed by atoms with van der Waals surface area (Å²) in [5.74, 6) is 0. The Hall–Kier alpha value is -0.900. The maximum absolute atomic E-state index is 5.78. The van der Waals surface area contributed by atoms with Gasteiger partial charge < -0.3 is 10.5 Å². The van der Waals surface area contributed by atoms with Gasteiger partial charge in [0.1, 0.15) is 0 Å². The Labute approximate surface area is 110 Å². The highest BCUT2D eigenvalue weighted by Crippen LogP contribution is 2.14. The number of morpholine rings is 1. The molecule has 1 aromatic rings. The number of hydrogen-bond donors (Lipinski definition) is 1. The van der Waals surface area contributed by atoms with Crippen molar-refractivity contribution in [1.29, 1.82) is 0 Å². The van der Waals surface area contributed by atoms with E-state index in [1.54, 1.807) is 0 Å². The number of benzene rings is 1. The fourth-order valence-corrected chi connectivity index (χ4v) is 2.55. The van der Waals surface area contributed by atoms with Crippen molar-refractivity contribution in [3.63, 3.8) is 0 Å². The number of nitrogens with zero attached hydrogens (tertiary/aromatic N) is 1. The largest absolute Gasteiger partial charge is 0.376 e. The molecule has 1 heterocycles. The van der Waals surface area contributed by atoms with Crippen molar-refractivity contribution in [1.82, 2.24) is 4.90 Å². The highest BCUT2D eigenvalue weighted by Gasteiger charge is 2.22. The molecule has 0 radical (unpaired) electrons. The molecule has 0 aliphatic carbocycles. The molecule has 2 unspecified atom stereocenters. The summed E-state index contributed by atoms with van der Waals surface area (Å²) in [6.07, 6.45) is 1.43. The van der Waals surface area contributed by atoms with Gasteiger partial charge in [-0.2, -0.15) is 0 Å². The lowest BCUT2D eigenvalue weighted by Gasteiger charge is -2.36. The van der Waals surface area contributed by atoms with Gasteiger partial charge in [0.25, 0.3) is 0 Å². The van der Waals surface area contributed by atoms with Crippen molar-refractivity contribution in [2.24, 2.45) is 5.73 Å². The molecule has 18 heavy (non-hydrogen) atoms. The first-order chi connectivity index (χ1) is 8.70. The SMILES string of the molecule is CC1CN(CCc2ccccc2CN)C(C)CO1. The first-order valence-corrected chi connectivity index (χ1v) is 6.83. The lowest BCUT2D eigenvalue weighted by atomic mass is 10.0. The molecule has 0 aromatic heterocycles. The Balaban J connectivity index is 1.94. The first kappa shape index (κ1) is 13.5. The number of hydrogen-bond acceptors (Lipinski definition) is 3. The average Bonchev–Trinajstić information content (AvgIpc) is 2.40. The molecule has 3 heteroatoms. The lowest BCUT2D eigenvalue weighted by molar-refractivity contribution is -0.0487. The molecule has 1 aromatic carbocycles. The van der Waals surface area contributed by atoms with E-state index in [0.717, 1.165) is 26.1 Å². The Morgan fingerprint density at radius 2 is 2.00 bits per heavy atom. The van der Waals surface area contributed by atoms with Crippen LogP contribution < -0.4 is 5.73 Å². The number of rotatable bonds is 4. The molecule has 1 saturated heterocycles. The minimum atomic E-state index is 0.353. The summed E-state index contributed by atoms with van der Waals surface area (Å²) in [6.45, 7) is 7.98. The van der Waals surface area contributed by atoms with Gasteiger partial charge in [0.05, 0.1) is 12.7 Å². The maximum Gasteiger partial charge on any atom is 0.0674 e. The molecule has 2 rings (SSSR count). The van der Waals surface area contributed by atoms with Crippen LogP contribution in [0.5, 0.6) is 0 Å². The van der Waals surface area contributed by atoms with Crippen molar-refractivity contribution in [2.75, 3.05) is 19.7 Å². The van der Waals surface area contributed by atoms with Crippen LogP contribution in [0.1, 0.15) is 25.0 Å². The molecule has 2 atom stereocenters. The van der Waals surface area contributed by atoms with E-state index in [9.17, 15) is 0 Å². The van der Waals surface area contributed by atoms with Crippen LogP contribution in [0.4, 0.5) is 0 Å². The Bertz CT molecular complexity index is 381. The van der Waals surface area contributed by atoms with Crippen LogP contribution in [0, 0.1) is 0 Å². The maximum atomic E-state index is 5.78. The monoisotopic (exact) mass is 248 g/mol. The Kier molecular flexibility index (Phi) is 4.75. The topological polar surface area (TPSA) is 38.5 Å². The molecule has 0 spiro atoms. The predicted molar refractivity (Wildman–Crippen MR) is 74.5 cm³/mol. The van der Waals surface area contributed by atoms with Crippen LogP contribution >= 0.6 is 0 Å². The van der Waals surface area contributed by atoms with Gasteiger partial charge in [0.15, 0.2) is 0 Å². The third-order valence-corrected chi connectivity index (χ3v) is 3.74. The van der Waals surface area contributed by atoms with E-state index >= 15 is 0 Å². The van der Waals surface area contributed by atoms with Gasteiger partial charge in [-0.05, 0) is 31.4 Å². The van der Waals surface area contributed by atoms with E-state index in [2.05, 4.69) is 43.0 Å². The zero-order valence-electron chi connectivity index (χ0n) is 11.4. The second kappa shape index (κ2) is 6.32. The molecule has 100 valence electrons. The summed E-state index contributed by atoms with van der Waals surface area (Å²) in [5.41, 5.74) is 8.43. The van der Waals surface area contributed by atoms with E-state index in [1.165, 1.54) is 11.1 Å². The Morgan fingerprint density at radius 3 is 2.72 bits per heavy atom.